The van der Waals surface area contributed by atoms with Crippen LogP contribution in [0.3, 0.4) is 0 Å². The molecule has 0 amide bonds. The molecule has 1 saturated heterocycles. The van der Waals surface area contributed by atoms with Crippen LogP contribution in [0, 0.1) is 29.1 Å². The average molecular weight is 579 g/mol. The highest BCUT2D eigenvalue weighted by Gasteiger charge is 2.54. The fourth-order valence-electron chi connectivity index (χ4n) is 8.73. The molecule has 2 aliphatic carbocycles. The largest absolute Gasteiger partial charge is 0.454 e. The molecule has 3 heterocycles. The normalized spacial score (nSPS) is 35.3. The van der Waals surface area contributed by atoms with Crippen molar-refractivity contribution in [3.63, 3.8) is 0 Å². The van der Waals surface area contributed by atoms with Gasteiger partial charge in [-0.15, -0.1) is 0 Å². The Hall–Kier alpha value is -2.48. The second-order valence-electron chi connectivity index (χ2n) is 14.5. The Balaban J connectivity index is 1.15. The van der Waals surface area contributed by atoms with Gasteiger partial charge in [0.25, 0.3) is 0 Å². The standard InChI is InChI=1S/C35H46O7/c1-33(2,36)25-10-13-34(3)11-5-12-35(4,31(34)17-25)42-19-26-24(14-22-6-8-27-29(15-22)40-20-38-27)18-37-32(26)23-7-9-28-30(16-23)41-21-39-28/h6-9,15-16,24-26,31-32,36H,5,10-14,17-21H2,1-4H3. The van der Waals surface area contributed by atoms with E-state index in [9.17, 15) is 5.11 Å². The highest BCUT2D eigenvalue weighted by atomic mass is 16.7. The first kappa shape index (κ1) is 28.3. The third kappa shape index (κ3) is 5.16. The molecule has 0 bridgehead atoms. The van der Waals surface area contributed by atoms with E-state index in [0.717, 1.165) is 60.7 Å². The van der Waals surface area contributed by atoms with Gasteiger partial charge in [-0.3, -0.25) is 0 Å². The maximum atomic E-state index is 11.0. The van der Waals surface area contributed by atoms with Crippen molar-refractivity contribution in [2.75, 3.05) is 26.8 Å². The third-order valence-electron chi connectivity index (χ3n) is 11.3. The quantitative estimate of drug-likeness (QED) is 0.385. The van der Waals surface area contributed by atoms with Gasteiger partial charge in [-0.05, 0) is 118 Å². The molecule has 0 spiro atoms. The summed E-state index contributed by atoms with van der Waals surface area (Å²) >= 11 is 0. The van der Waals surface area contributed by atoms with Crippen molar-refractivity contribution in [1.29, 1.82) is 0 Å². The highest BCUT2D eigenvalue weighted by Crippen LogP contribution is 2.58. The van der Waals surface area contributed by atoms with E-state index in [1.165, 1.54) is 18.4 Å². The molecular weight excluding hydrogens is 532 g/mol. The lowest BCUT2D eigenvalue weighted by atomic mass is 9.52. The Morgan fingerprint density at radius 1 is 0.905 bits per heavy atom. The lowest BCUT2D eigenvalue weighted by Crippen LogP contribution is -2.55. The van der Waals surface area contributed by atoms with Crippen molar-refractivity contribution in [1.82, 2.24) is 0 Å². The van der Waals surface area contributed by atoms with Crippen molar-refractivity contribution in [2.45, 2.75) is 89.9 Å². The number of hydrogen-bond acceptors (Lipinski definition) is 7. The molecule has 5 aliphatic rings. The predicted molar refractivity (Wildman–Crippen MR) is 158 cm³/mol. The molecule has 0 radical (unpaired) electrons. The summed E-state index contributed by atoms with van der Waals surface area (Å²) in [6.45, 7) is 10.6. The van der Waals surface area contributed by atoms with E-state index in [0.29, 0.717) is 25.0 Å². The van der Waals surface area contributed by atoms with Gasteiger partial charge in [-0.1, -0.05) is 25.5 Å². The fraction of sp³-hybridized carbons (Fsp3) is 0.657. The minimum absolute atomic E-state index is 0.0902. The minimum Gasteiger partial charge on any atom is -0.454 e. The van der Waals surface area contributed by atoms with Gasteiger partial charge in [0.15, 0.2) is 23.0 Å². The zero-order chi connectivity index (χ0) is 29.1. The van der Waals surface area contributed by atoms with Gasteiger partial charge in [0.2, 0.25) is 13.6 Å². The molecule has 2 saturated carbocycles. The fourth-order valence-corrected chi connectivity index (χ4v) is 8.73. The van der Waals surface area contributed by atoms with Crippen molar-refractivity contribution >= 4 is 0 Å². The highest BCUT2D eigenvalue weighted by molar-refractivity contribution is 5.46. The van der Waals surface area contributed by atoms with E-state index in [-0.39, 0.29) is 42.5 Å². The molecule has 42 heavy (non-hydrogen) atoms. The van der Waals surface area contributed by atoms with Gasteiger partial charge in [0.1, 0.15) is 0 Å². The summed E-state index contributed by atoms with van der Waals surface area (Å²) in [6.07, 6.45) is 7.54. The van der Waals surface area contributed by atoms with Crippen LogP contribution in [0.25, 0.3) is 0 Å². The number of hydrogen-bond donors (Lipinski definition) is 1. The summed E-state index contributed by atoms with van der Waals surface area (Å²) in [5, 5.41) is 11.0. The summed E-state index contributed by atoms with van der Waals surface area (Å²) in [6, 6.07) is 12.5. The van der Waals surface area contributed by atoms with Crippen LogP contribution < -0.4 is 18.9 Å². The zero-order valence-electron chi connectivity index (χ0n) is 25.5. The summed E-state index contributed by atoms with van der Waals surface area (Å²) in [4.78, 5) is 0. The van der Waals surface area contributed by atoms with Crippen LogP contribution in [0.15, 0.2) is 36.4 Å². The first-order valence-electron chi connectivity index (χ1n) is 15.9. The summed E-state index contributed by atoms with van der Waals surface area (Å²) in [5.41, 5.74) is 1.69. The van der Waals surface area contributed by atoms with Crippen LogP contribution in [0.5, 0.6) is 23.0 Å². The SMILES string of the molecule is CC(C)(O)C1CCC2(C)CCCC(C)(OCC3C(Cc4ccc5c(c4)OCO5)COC3c3ccc4c(c3)OCO4)C2C1. The maximum Gasteiger partial charge on any atom is 0.231 e. The first-order valence-corrected chi connectivity index (χ1v) is 15.9. The lowest BCUT2D eigenvalue weighted by Gasteiger charge is -2.57. The van der Waals surface area contributed by atoms with Crippen LogP contribution in [-0.2, 0) is 15.9 Å². The zero-order valence-corrected chi connectivity index (χ0v) is 25.5. The van der Waals surface area contributed by atoms with Gasteiger partial charge < -0.3 is 33.5 Å². The van der Waals surface area contributed by atoms with Gasteiger partial charge in [-0.25, -0.2) is 0 Å². The van der Waals surface area contributed by atoms with Crippen LogP contribution in [-0.4, -0.2) is 43.1 Å². The Kier molecular flexibility index (Phi) is 7.14. The van der Waals surface area contributed by atoms with E-state index >= 15 is 0 Å². The molecular formula is C35H46O7. The average Bonchev–Trinajstić information content (AvgIpc) is 3.70. The smallest absolute Gasteiger partial charge is 0.231 e. The molecule has 3 aliphatic heterocycles. The Morgan fingerprint density at radius 2 is 1.62 bits per heavy atom. The summed E-state index contributed by atoms with van der Waals surface area (Å²) in [5.74, 6) is 4.38. The number of benzene rings is 2. The first-order chi connectivity index (χ1) is 20.1. The van der Waals surface area contributed by atoms with E-state index in [2.05, 4.69) is 38.1 Å². The minimum atomic E-state index is -0.668. The Morgan fingerprint density at radius 3 is 2.38 bits per heavy atom. The van der Waals surface area contributed by atoms with E-state index in [1.807, 2.05) is 26.0 Å². The molecule has 7 heteroatoms. The second-order valence-corrected chi connectivity index (χ2v) is 14.5. The van der Waals surface area contributed by atoms with Gasteiger partial charge in [0, 0.05) is 5.92 Å². The Bertz CT molecular complexity index is 1300. The molecule has 2 aromatic rings. The third-order valence-corrected chi connectivity index (χ3v) is 11.3. The second kappa shape index (κ2) is 10.6. The van der Waals surface area contributed by atoms with Crippen LogP contribution in [0.4, 0.5) is 0 Å². The van der Waals surface area contributed by atoms with Crippen LogP contribution in [0.1, 0.15) is 83.5 Å². The van der Waals surface area contributed by atoms with Crippen molar-refractivity contribution in [3.8, 4) is 23.0 Å². The van der Waals surface area contributed by atoms with Crippen molar-refractivity contribution in [2.24, 2.45) is 29.1 Å². The van der Waals surface area contributed by atoms with Crippen molar-refractivity contribution in [3.05, 3.63) is 47.5 Å². The molecule has 7 atom stereocenters. The van der Waals surface area contributed by atoms with E-state index in [4.69, 9.17) is 28.4 Å². The molecule has 1 N–H and O–H groups in total. The monoisotopic (exact) mass is 578 g/mol. The molecule has 3 fully saturated rings. The van der Waals surface area contributed by atoms with Crippen molar-refractivity contribution < 1.29 is 33.5 Å². The van der Waals surface area contributed by atoms with Crippen LogP contribution >= 0.6 is 0 Å². The number of ether oxygens (including phenoxy) is 6. The van der Waals surface area contributed by atoms with E-state index in [1.54, 1.807) is 0 Å². The van der Waals surface area contributed by atoms with Gasteiger partial charge in [0.05, 0.1) is 30.5 Å². The predicted octanol–water partition coefficient (Wildman–Crippen LogP) is 6.84. The molecule has 2 aromatic carbocycles. The van der Waals surface area contributed by atoms with Gasteiger partial charge >= 0.3 is 0 Å². The summed E-state index contributed by atoms with van der Waals surface area (Å²) < 4.78 is 36.3. The number of rotatable bonds is 7. The molecule has 7 rings (SSSR count). The van der Waals surface area contributed by atoms with E-state index < -0.39 is 5.60 Å². The molecule has 7 nitrogen and oxygen atoms in total. The molecule has 228 valence electrons. The number of aliphatic hydroxyl groups is 1. The van der Waals surface area contributed by atoms with Gasteiger partial charge in [-0.2, -0.15) is 0 Å². The Labute approximate surface area is 249 Å². The lowest BCUT2D eigenvalue weighted by molar-refractivity contribution is -0.180. The topological polar surface area (TPSA) is 75.6 Å². The molecule has 0 aromatic heterocycles. The summed E-state index contributed by atoms with van der Waals surface area (Å²) in [7, 11) is 0. The van der Waals surface area contributed by atoms with Crippen LogP contribution in [0.2, 0.25) is 0 Å². The maximum absolute atomic E-state index is 11.0. The molecule has 7 unspecified atom stereocenters. The number of fused-ring (bicyclic) bond motifs is 3.